The molecule has 0 bridgehead atoms. The fourth-order valence-electron chi connectivity index (χ4n) is 1.47. The second kappa shape index (κ2) is 16.8. The number of aliphatic hydroxyl groups excluding tert-OH is 2. The van der Waals surface area contributed by atoms with Crippen LogP contribution in [0, 0.1) is 0 Å². The summed E-state index contributed by atoms with van der Waals surface area (Å²) in [5.74, 6) is 0. The van der Waals surface area contributed by atoms with E-state index in [1.54, 1.807) is 0 Å². The van der Waals surface area contributed by atoms with E-state index in [9.17, 15) is 5.11 Å². The fourth-order valence-corrected chi connectivity index (χ4v) is 1.47. The van der Waals surface area contributed by atoms with Gasteiger partial charge >= 0.3 is 0 Å². The van der Waals surface area contributed by atoms with Gasteiger partial charge < -0.3 is 29.2 Å². The third-order valence-electron chi connectivity index (χ3n) is 2.55. The molecule has 1 unspecified atom stereocenters. The summed E-state index contributed by atoms with van der Waals surface area (Å²) in [6.45, 7) is 5.88. The summed E-state index contributed by atoms with van der Waals surface area (Å²) in [6.07, 6.45) is 2.55. The van der Waals surface area contributed by atoms with E-state index in [2.05, 4.69) is 6.92 Å². The maximum Gasteiger partial charge on any atom is 0.0773 e. The fraction of sp³-hybridized carbons (Fsp3) is 1.00. The average molecular weight is 294 g/mol. The van der Waals surface area contributed by atoms with E-state index in [-0.39, 0.29) is 12.7 Å². The lowest BCUT2D eigenvalue weighted by molar-refractivity contribution is -0.0196. The second-order valence-electron chi connectivity index (χ2n) is 4.43. The molecule has 0 aromatic heterocycles. The number of rotatable bonds is 16. The van der Waals surface area contributed by atoms with Crippen LogP contribution in [-0.4, -0.2) is 75.8 Å². The van der Waals surface area contributed by atoms with Crippen molar-refractivity contribution in [1.29, 1.82) is 0 Å². The van der Waals surface area contributed by atoms with Gasteiger partial charge in [0.2, 0.25) is 0 Å². The molecule has 0 fully saturated rings. The minimum absolute atomic E-state index is 0.0379. The molecule has 0 spiro atoms. The van der Waals surface area contributed by atoms with Crippen LogP contribution < -0.4 is 0 Å². The van der Waals surface area contributed by atoms with E-state index in [4.69, 9.17) is 24.1 Å². The van der Waals surface area contributed by atoms with E-state index in [0.717, 1.165) is 19.3 Å². The summed E-state index contributed by atoms with van der Waals surface area (Å²) in [6, 6.07) is 0. The molecule has 0 amide bonds. The van der Waals surface area contributed by atoms with Gasteiger partial charge in [0, 0.05) is 0 Å². The number of unbranched alkanes of at least 4 members (excludes halogenated alkanes) is 1. The van der Waals surface area contributed by atoms with Gasteiger partial charge in [0.05, 0.1) is 65.6 Å². The van der Waals surface area contributed by atoms with E-state index < -0.39 is 0 Å². The summed E-state index contributed by atoms with van der Waals surface area (Å²) >= 11 is 0. The van der Waals surface area contributed by atoms with Crippen molar-refractivity contribution in [3.05, 3.63) is 0 Å². The zero-order chi connectivity index (χ0) is 14.9. The highest BCUT2D eigenvalue weighted by molar-refractivity contribution is 4.52. The van der Waals surface area contributed by atoms with Crippen molar-refractivity contribution in [2.45, 2.75) is 32.3 Å². The average Bonchev–Trinajstić information content (AvgIpc) is 2.46. The topological polar surface area (TPSA) is 77.4 Å². The Balaban J connectivity index is 3.02. The summed E-state index contributed by atoms with van der Waals surface area (Å²) in [4.78, 5) is 0. The summed E-state index contributed by atoms with van der Waals surface area (Å²) in [5.41, 5.74) is 0. The van der Waals surface area contributed by atoms with Crippen molar-refractivity contribution in [3.8, 4) is 0 Å². The minimum atomic E-state index is -0.364. The van der Waals surface area contributed by atoms with Crippen molar-refractivity contribution in [1.82, 2.24) is 0 Å². The Bertz CT molecular complexity index is 179. The van der Waals surface area contributed by atoms with Gasteiger partial charge in [-0.05, 0) is 6.42 Å². The summed E-state index contributed by atoms with van der Waals surface area (Å²) < 4.78 is 20.9. The number of hydrogen-bond acceptors (Lipinski definition) is 6. The lowest BCUT2D eigenvalue weighted by atomic mass is 10.2. The Morgan fingerprint density at radius 2 is 1.30 bits per heavy atom. The molecule has 6 nitrogen and oxygen atoms in total. The first kappa shape index (κ1) is 19.8. The van der Waals surface area contributed by atoms with Crippen molar-refractivity contribution in [2.24, 2.45) is 0 Å². The SMILES string of the molecule is CCCCC(O)COCCOCCOCCOCCO. The Labute approximate surface area is 122 Å². The third-order valence-corrected chi connectivity index (χ3v) is 2.55. The van der Waals surface area contributed by atoms with Crippen molar-refractivity contribution in [3.63, 3.8) is 0 Å². The van der Waals surface area contributed by atoms with Gasteiger partial charge in [-0.3, -0.25) is 0 Å². The van der Waals surface area contributed by atoms with E-state index in [0.29, 0.717) is 52.9 Å². The lowest BCUT2D eigenvalue weighted by Crippen LogP contribution is -2.18. The van der Waals surface area contributed by atoms with E-state index >= 15 is 0 Å². The Morgan fingerprint density at radius 3 is 1.80 bits per heavy atom. The zero-order valence-corrected chi connectivity index (χ0v) is 12.6. The number of hydrogen-bond donors (Lipinski definition) is 2. The third kappa shape index (κ3) is 15.8. The first-order valence-corrected chi connectivity index (χ1v) is 7.41. The monoisotopic (exact) mass is 294 g/mol. The van der Waals surface area contributed by atoms with Crippen LogP contribution in [0.15, 0.2) is 0 Å². The van der Waals surface area contributed by atoms with Crippen LogP contribution in [0.25, 0.3) is 0 Å². The normalized spacial score (nSPS) is 12.8. The molecule has 0 aliphatic heterocycles. The van der Waals surface area contributed by atoms with Crippen LogP contribution >= 0.6 is 0 Å². The van der Waals surface area contributed by atoms with E-state index in [1.165, 1.54) is 0 Å². The molecular formula is C14H30O6. The largest absolute Gasteiger partial charge is 0.394 e. The highest BCUT2D eigenvalue weighted by atomic mass is 16.6. The molecule has 0 saturated carbocycles. The quantitative estimate of drug-likeness (QED) is 0.406. The summed E-state index contributed by atoms with van der Waals surface area (Å²) in [5, 5.41) is 18.0. The number of aliphatic hydroxyl groups is 2. The molecule has 0 radical (unpaired) electrons. The van der Waals surface area contributed by atoms with Gasteiger partial charge in [-0.2, -0.15) is 0 Å². The smallest absolute Gasteiger partial charge is 0.0773 e. The van der Waals surface area contributed by atoms with Gasteiger partial charge in [0.1, 0.15) is 0 Å². The molecule has 6 heteroatoms. The highest BCUT2D eigenvalue weighted by Gasteiger charge is 2.02. The van der Waals surface area contributed by atoms with Gasteiger partial charge in [-0.15, -0.1) is 0 Å². The molecule has 0 aromatic rings. The van der Waals surface area contributed by atoms with Crippen molar-refractivity contribution >= 4 is 0 Å². The van der Waals surface area contributed by atoms with Gasteiger partial charge in [-0.25, -0.2) is 0 Å². The molecule has 122 valence electrons. The standard InChI is InChI=1S/C14H30O6/c1-2-3-4-14(16)13-20-12-11-19-10-9-18-8-7-17-6-5-15/h14-16H,2-13H2,1H3. The molecule has 0 saturated heterocycles. The molecule has 1 atom stereocenters. The van der Waals surface area contributed by atoms with E-state index in [1.807, 2.05) is 0 Å². The number of ether oxygens (including phenoxy) is 4. The minimum Gasteiger partial charge on any atom is -0.394 e. The van der Waals surface area contributed by atoms with Crippen molar-refractivity contribution < 1.29 is 29.2 Å². The first-order chi connectivity index (χ1) is 9.81. The second-order valence-corrected chi connectivity index (χ2v) is 4.43. The Hall–Kier alpha value is -0.240. The van der Waals surface area contributed by atoms with Gasteiger partial charge in [-0.1, -0.05) is 19.8 Å². The molecule has 20 heavy (non-hydrogen) atoms. The van der Waals surface area contributed by atoms with Crippen LogP contribution in [-0.2, 0) is 18.9 Å². The van der Waals surface area contributed by atoms with Crippen molar-refractivity contribution in [2.75, 3.05) is 59.5 Å². The maximum atomic E-state index is 9.53. The predicted octanol–water partition coefficient (Wildman–Crippen LogP) is 0.596. The van der Waals surface area contributed by atoms with Gasteiger partial charge in [0.15, 0.2) is 0 Å². The molecule has 0 aliphatic rings. The zero-order valence-electron chi connectivity index (χ0n) is 12.6. The Morgan fingerprint density at radius 1 is 0.800 bits per heavy atom. The Kier molecular flexibility index (Phi) is 16.6. The molecule has 0 rings (SSSR count). The molecule has 0 heterocycles. The lowest BCUT2D eigenvalue weighted by Gasteiger charge is -2.11. The van der Waals surface area contributed by atoms with Gasteiger partial charge in [0.25, 0.3) is 0 Å². The molecule has 2 N–H and O–H groups in total. The first-order valence-electron chi connectivity index (χ1n) is 7.41. The van der Waals surface area contributed by atoms with Crippen LogP contribution in [0.5, 0.6) is 0 Å². The molecule has 0 aromatic carbocycles. The maximum absolute atomic E-state index is 9.53. The van der Waals surface area contributed by atoms with Crippen LogP contribution in [0.4, 0.5) is 0 Å². The molecular weight excluding hydrogens is 264 g/mol. The molecule has 0 aliphatic carbocycles. The van der Waals surface area contributed by atoms with Crippen LogP contribution in [0.1, 0.15) is 26.2 Å². The summed E-state index contributed by atoms with van der Waals surface area (Å²) in [7, 11) is 0. The van der Waals surface area contributed by atoms with Crippen LogP contribution in [0.3, 0.4) is 0 Å². The van der Waals surface area contributed by atoms with Crippen LogP contribution in [0.2, 0.25) is 0 Å². The predicted molar refractivity (Wildman–Crippen MR) is 75.9 cm³/mol. The highest BCUT2D eigenvalue weighted by Crippen LogP contribution is 2.00.